The van der Waals surface area contributed by atoms with Gasteiger partial charge in [-0.3, -0.25) is 13.9 Å². The highest BCUT2D eigenvalue weighted by Crippen LogP contribution is 2.26. The van der Waals surface area contributed by atoms with Crippen molar-refractivity contribution in [1.82, 2.24) is 10.2 Å². The third-order valence-electron chi connectivity index (χ3n) is 6.12. The van der Waals surface area contributed by atoms with E-state index in [9.17, 15) is 18.0 Å². The minimum absolute atomic E-state index is 0.0262. The van der Waals surface area contributed by atoms with Crippen molar-refractivity contribution < 1.29 is 22.7 Å². The van der Waals surface area contributed by atoms with Gasteiger partial charge in [0, 0.05) is 12.6 Å². The van der Waals surface area contributed by atoms with E-state index < -0.39 is 28.5 Å². The molecule has 3 aromatic rings. The molecular formula is C30H37N3O5S. The number of nitrogens with one attached hydrogen (secondary N) is 1. The fourth-order valence-corrected chi connectivity index (χ4v) is 5.42. The first-order chi connectivity index (χ1) is 18.5. The summed E-state index contributed by atoms with van der Waals surface area (Å²) >= 11 is 0. The smallest absolute Gasteiger partial charge is 0.264 e. The highest BCUT2D eigenvalue weighted by Gasteiger charge is 2.32. The second-order valence-corrected chi connectivity index (χ2v) is 11.5. The predicted molar refractivity (Wildman–Crippen MR) is 153 cm³/mol. The average molecular weight is 552 g/mol. The molecule has 9 heteroatoms. The minimum atomic E-state index is -4.13. The number of aryl methyl sites for hydroxylation is 1. The summed E-state index contributed by atoms with van der Waals surface area (Å²) in [6.45, 7) is 9.28. The number of rotatable bonds is 12. The lowest BCUT2D eigenvalue weighted by Gasteiger charge is -2.32. The molecule has 0 fully saturated rings. The molecule has 0 heterocycles. The molecule has 0 aliphatic rings. The zero-order valence-corrected chi connectivity index (χ0v) is 23.9. The van der Waals surface area contributed by atoms with Crippen molar-refractivity contribution in [3.8, 4) is 5.75 Å². The maximum Gasteiger partial charge on any atom is 0.264 e. The van der Waals surface area contributed by atoms with E-state index in [1.165, 1.54) is 17.0 Å². The van der Waals surface area contributed by atoms with Crippen molar-refractivity contribution in [2.24, 2.45) is 0 Å². The number of nitrogens with zero attached hydrogens (tertiary/aromatic N) is 2. The van der Waals surface area contributed by atoms with Crippen LogP contribution in [0.2, 0.25) is 0 Å². The van der Waals surface area contributed by atoms with E-state index in [1.807, 2.05) is 52.0 Å². The molecule has 2 amide bonds. The maximum atomic E-state index is 13.9. The molecule has 0 unspecified atom stereocenters. The van der Waals surface area contributed by atoms with Gasteiger partial charge in [0.2, 0.25) is 11.8 Å². The van der Waals surface area contributed by atoms with Crippen LogP contribution in [0.1, 0.15) is 38.8 Å². The van der Waals surface area contributed by atoms with Crippen molar-refractivity contribution in [2.75, 3.05) is 17.5 Å². The molecule has 39 heavy (non-hydrogen) atoms. The van der Waals surface area contributed by atoms with Crippen LogP contribution >= 0.6 is 0 Å². The van der Waals surface area contributed by atoms with Gasteiger partial charge >= 0.3 is 0 Å². The Morgan fingerprint density at radius 2 is 1.51 bits per heavy atom. The molecule has 0 saturated heterocycles. The molecule has 0 aliphatic carbocycles. The monoisotopic (exact) mass is 551 g/mol. The van der Waals surface area contributed by atoms with Crippen molar-refractivity contribution in [1.29, 1.82) is 0 Å². The van der Waals surface area contributed by atoms with Gasteiger partial charge in [0.15, 0.2) is 0 Å². The molecule has 0 aromatic heterocycles. The summed E-state index contributed by atoms with van der Waals surface area (Å²) in [6, 6.07) is 21.3. The largest absolute Gasteiger partial charge is 0.494 e. The van der Waals surface area contributed by atoms with Crippen LogP contribution in [0.25, 0.3) is 0 Å². The topological polar surface area (TPSA) is 96.0 Å². The Morgan fingerprint density at radius 1 is 0.897 bits per heavy atom. The van der Waals surface area contributed by atoms with E-state index in [0.29, 0.717) is 18.0 Å². The van der Waals surface area contributed by atoms with Crippen LogP contribution in [0, 0.1) is 6.92 Å². The number of carbonyl (C=O) groups excluding carboxylic acids is 2. The van der Waals surface area contributed by atoms with E-state index in [4.69, 9.17) is 4.74 Å². The van der Waals surface area contributed by atoms with Crippen LogP contribution in [-0.4, -0.2) is 50.4 Å². The van der Waals surface area contributed by atoms with Gasteiger partial charge in [-0.05, 0) is 76.6 Å². The predicted octanol–water partition coefficient (Wildman–Crippen LogP) is 4.53. The summed E-state index contributed by atoms with van der Waals surface area (Å²) in [5.41, 5.74) is 2.24. The fourth-order valence-electron chi connectivity index (χ4n) is 4.00. The zero-order valence-electron chi connectivity index (χ0n) is 23.1. The Bertz CT molecular complexity index is 1340. The number of anilines is 1. The second kappa shape index (κ2) is 13.3. The number of hydrogen-bond acceptors (Lipinski definition) is 5. The lowest BCUT2D eigenvalue weighted by Crippen LogP contribution is -2.52. The van der Waals surface area contributed by atoms with Crippen molar-refractivity contribution in [2.45, 2.75) is 58.1 Å². The van der Waals surface area contributed by atoms with Crippen molar-refractivity contribution >= 4 is 27.5 Å². The number of benzene rings is 3. The van der Waals surface area contributed by atoms with Gasteiger partial charge in [-0.15, -0.1) is 0 Å². The van der Waals surface area contributed by atoms with Crippen molar-refractivity contribution in [3.05, 3.63) is 90.0 Å². The van der Waals surface area contributed by atoms with E-state index in [-0.39, 0.29) is 23.4 Å². The summed E-state index contributed by atoms with van der Waals surface area (Å²) in [7, 11) is -4.13. The Labute approximate surface area is 231 Å². The van der Waals surface area contributed by atoms with Gasteiger partial charge < -0.3 is 15.0 Å². The molecule has 1 atom stereocenters. The molecular weight excluding hydrogens is 514 g/mol. The first kappa shape index (κ1) is 29.7. The Kier molecular flexibility index (Phi) is 10.1. The van der Waals surface area contributed by atoms with Crippen LogP contribution < -0.4 is 14.4 Å². The third-order valence-corrected chi connectivity index (χ3v) is 7.91. The fraction of sp³-hybridized carbons (Fsp3) is 0.333. The lowest BCUT2D eigenvalue weighted by molar-refractivity contribution is -0.139. The van der Waals surface area contributed by atoms with Crippen LogP contribution in [0.4, 0.5) is 5.69 Å². The van der Waals surface area contributed by atoms with E-state index in [0.717, 1.165) is 15.4 Å². The molecule has 0 bridgehead atoms. The summed E-state index contributed by atoms with van der Waals surface area (Å²) in [5, 5.41) is 2.85. The van der Waals surface area contributed by atoms with E-state index in [1.54, 1.807) is 49.4 Å². The average Bonchev–Trinajstić information content (AvgIpc) is 2.91. The SMILES string of the molecule is CCOc1ccc(S(=O)(=O)N(CC(=O)N(Cc2ccc(C)cc2)[C@H](C)C(=O)NC(C)C)c2ccccc2)cc1. The number of amides is 2. The third kappa shape index (κ3) is 7.83. The standard InChI is InChI=1S/C30H37N3O5S/c1-6-38-27-16-18-28(19-17-27)39(36,37)33(26-10-8-7-9-11-26)21-29(34)32(24(5)30(35)31-22(2)3)20-25-14-12-23(4)13-15-25/h7-19,22,24H,6,20-21H2,1-5H3,(H,31,35)/t24-/m1/s1. The van der Waals surface area contributed by atoms with Gasteiger partial charge in [-0.2, -0.15) is 0 Å². The van der Waals surface area contributed by atoms with Crippen LogP contribution in [0.15, 0.2) is 83.8 Å². The van der Waals surface area contributed by atoms with Gasteiger partial charge in [-0.25, -0.2) is 8.42 Å². The molecule has 208 valence electrons. The molecule has 3 aromatic carbocycles. The molecule has 0 spiro atoms. The van der Waals surface area contributed by atoms with Crippen LogP contribution in [0.5, 0.6) is 5.75 Å². The van der Waals surface area contributed by atoms with Crippen molar-refractivity contribution in [3.63, 3.8) is 0 Å². The highest BCUT2D eigenvalue weighted by molar-refractivity contribution is 7.92. The van der Waals surface area contributed by atoms with Crippen LogP contribution in [-0.2, 0) is 26.2 Å². The number of para-hydroxylation sites is 1. The Balaban J connectivity index is 1.99. The van der Waals surface area contributed by atoms with Gasteiger partial charge in [0.25, 0.3) is 10.0 Å². The molecule has 0 saturated carbocycles. The minimum Gasteiger partial charge on any atom is -0.494 e. The number of carbonyl (C=O) groups is 2. The Hall–Kier alpha value is -3.85. The zero-order chi connectivity index (χ0) is 28.6. The van der Waals surface area contributed by atoms with Gasteiger partial charge in [0.05, 0.1) is 17.2 Å². The van der Waals surface area contributed by atoms with Crippen LogP contribution in [0.3, 0.4) is 0 Å². The molecule has 3 rings (SSSR count). The second-order valence-electron chi connectivity index (χ2n) is 9.60. The molecule has 0 radical (unpaired) electrons. The summed E-state index contributed by atoms with van der Waals surface area (Å²) < 4.78 is 34.2. The highest BCUT2D eigenvalue weighted by atomic mass is 32.2. The first-order valence-corrected chi connectivity index (χ1v) is 14.4. The summed E-state index contributed by atoms with van der Waals surface area (Å²) in [5.74, 6) is -0.264. The quantitative estimate of drug-likeness (QED) is 0.357. The number of sulfonamides is 1. The molecule has 0 aliphatic heterocycles. The Morgan fingerprint density at radius 3 is 2.08 bits per heavy atom. The van der Waals surface area contributed by atoms with Gasteiger partial charge in [-0.1, -0.05) is 48.0 Å². The molecule has 8 nitrogen and oxygen atoms in total. The molecule has 1 N–H and O–H groups in total. The van der Waals surface area contributed by atoms with E-state index in [2.05, 4.69) is 5.32 Å². The van der Waals surface area contributed by atoms with E-state index >= 15 is 0 Å². The number of ether oxygens (including phenoxy) is 1. The maximum absolute atomic E-state index is 13.9. The first-order valence-electron chi connectivity index (χ1n) is 13.0. The van der Waals surface area contributed by atoms with Gasteiger partial charge in [0.1, 0.15) is 18.3 Å². The summed E-state index contributed by atoms with van der Waals surface area (Å²) in [4.78, 5) is 28.3. The normalized spacial score (nSPS) is 12.1. The summed E-state index contributed by atoms with van der Waals surface area (Å²) in [6.07, 6.45) is 0. The number of hydrogen-bond donors (Lipinski definition) is 1. The lowest BCUT2D eigenvalue weighted by atomic mass is 10.1.